The minimum absolute atomic E-state index is 0.0170. The summed E-state index contributed by atoms with van der Waals surface area (Å²) in [7, 11) is 1.09. The van der Waals surface area contributed by atoms with E-state index in [4.69, 9.17) is 16.3 Å². The Balaban J connectivity index is 1.68. The zero-order valence-corrected chi connectivity index (χ0v) is 19.7. The van der Waals surface area contributed by atoms with Crippen LogP contribution < -0.4 is 5.32 Å². The van der Waals surface area contributed by atoms with Crippen molar-refractivity contribution in [2.75, 3.05) is 26.7 Å². The van der Waals surface area contributed by atoms with E-state index >= 15 is 0 Å². The number of nitrogens with zero attached hydrogens (tertiary/aromatic N) is 2. The minimum Gasteiger partial charge on any atom is -0.494 e. The lowest BCUT2D eigenvalue weighted by Gasteiger charge is -2.37. The molecule has 0 amide bonds. The Morgan fingerprint density at radius 1 is 1.21 bits per heavy atom. The highest BCUT2D eigenvalue weighted by atomic mass is 35.5. The average molecular weight is 504 g/mol. The van der Waals surface area contributed by atoms with Gasteiger partial charge in [-0.05, 0) is 23.8 Å². The Labute approximate surface area is 200 Å². The van der Waals surface area contributed by atoms with E-state index in [1.165, 1.54) is 6.08 Å². The first kappa shape index (κ1) is 26.1. The van der Waals surface area contributed by atoms with E-state index in [1.54, 1.807) is 30.3 Å². The molecule has 1 fully saturated rings. The molecule has 2 heterocycles. The molecule has 0 bridgehead atoms. The maximum atomic E-state index is 13.5. The van der Waals surface area contributed by atoms with Crippen molar-refractivity contribution >= 4 is 17.3 Å². The maximum Gasteiger partial charge on any atom is 0.433 e. The lowest BCUT2D eigenvalue weighted by molar-refractivity contribution is -0.0581. The SMILES string of the molecule is CN=C(/C=C(\Cc1cccc(Cl)c1)OC1CCN(C2=CC=C(C(C)(F)F)CN2)CC1)C(F)(F)F. The molecule has 0 radical (unpaired) electrons. The number of allylic oxidation sites excluding steroid dienone is 4. The largest absolute Gasteiger partial charge is 0.494 e. The third-order valence-electron chi connectivity index (χ3n) is 5.66. The number of halogens is 6. The Morgan fingerprint density at radius 3 is 2.44 bits per heavy atom. The van der Waals surface area contributed by atoms with Crippen molar-refractivity contribution in [3.05, 3.63) is 70.2 Å². The topological polar surface area (TPSA) is 36.9 Å². The number of hydrogen-bond donors (Lipinski definition) is 1. The standard InChI is InChI=1S/C24H27ClF5N3O/c1-23(26,27)17-6-7-22(32-15-17)33-10-8-19(9-11-33)34-20(14-21(31-2)24(28,29)30)13-16-4-3-5-18(25)12-16/h3-7,12,14,19,32H,8-11,13,15H2,1-2H3/b20-14+,31-21?. The van der Waals surface area contributed by atoms with Gasteiger partial charge in [-0.1, -0.05) is 29.8 Å². The lowest BCUT2D eigenvalue weighted by Crippen LogP contribution is -2.42. The van der Waals surface area contributed by atoms with E-state index in [0.717, 1.165) is 31.4 Å². The van der Waals surface area contributed by atoms with Gasteiger partial charge >= 0.3 is 6.18 Å². The molecule has 1 aromatic rings. The fourth-order valence-electron chi connectivity index (χ4n) is 3.83. The Bertz CT molecular complexity index is 987. The van der Waals surface area contributed by atoms with Gasteiger partial charge in [0.15, 0.2) is 0 Å². The Morgan fingerprint density at radius 2 is 1.91 bits per heavy atom. The number of nitrogens with one attached hydrogen (secondary N) is 1. The summed E-state index contributed by atoms with van der Waals surface area (Å²) < 4.78 is 72.8. The van der Waals surface area contributed by atoms with E-state index in [9.17, 15) is 22.0 Å². The molecule has 1 N–H and O–H groups in total. The number of rotatable bonds is 7. The zero-order chi connectivity index (χ0) is 24.9. The van der Waals surface area contributed by atoms with Gasteiger partial charge in [-0.2, -0.15) is 13.2 Å². The molecule has 1 aromatic carbocycles. The molecule has 0 aromatic heterocycles. The van der Waals surface area contributed by atoms with Crippen LogP contribution >= 0.6 is 11.6 Å². The van der Waals surface area contributed by atoms with Crippen LogP contribution in [0, 0.1) is 0 Å². The van der Waals surface area contributed by atoms with Gasteiger partial charge in [0.05, 0.1) is 0 Å². The van der Waals surface area contributed by atoms with Gasteiger partial charge in [-0.3, -0.25) is 4.99 Å². The summed E-state index contributed by atoms with van der Waals surface area (Å²) in [5.74, 6) is -1.97. The first-order valence-corrected chi connectivity index (χ1v) is 11.3. The van der Waals surface area contributed by atoms with Crippen molar-refractivity contribution in [1.29, 1.82) is 0 Å². The van der Waals surface area contributed by atoms with E-state index in [2.05, 4.69) is 10.3 Å². The summed E-state index contributed by atoms with van der Waals surface area (Å²) in [6.07, 6.45) is 0.397. The Kier molecular flexibility index (Phi) is 8.28. The normalized spacial score (nSPS) is 18.9. The molecule has 186 valence electrons. The molecule has 0 saturated carbocycles. The van der Waals surface area contributed by atoms with E-state index in [-0.39, 0.29) is 30.4 Å². The number of likely N-dealkylation sites (tertiary alicyclic amines) is 1. The second kappa shape index (κ2) is 10.8. The second-order valence-electron chi connectivity index (χ2n) is 8.31. The van der Waals surface area contributed by atoms with Crippen LogP contribution in [0.5, 0.6) is 0 Å². The van der Waals surface area contributed by atoms with E-state index in [1.807, 2.05) is 4.90 Å². The highest BCUT2D eigenvalue weighted by molar-refractivity contribution is 6.30. The van der Waals surface area contributed by atoms with Crippen LogP contribution in [0.4, 0.5) is 22.0 Å². The van der Waals surface area contributed by atoms with Crippen LogP contribution in [0.1, 0.15) is 25.3 Å². The lowest BCUT2D eigenvalue weighted by atomic mass is 10.0. The van der Waals surface area contributed by atoms with Gasteiger partial charge in [0.2, 0.25) is 0 Å². The molecular formula is C24H27ClF5N3O. The van der Waals surface area contributed by atoms with Gasteiger partial charge in [0.25, 0.3) is 5.92 Å². The third-order valence-corrected chi connectivity index (χ3v) is 5.90. The summed E-state index contributed by atoms with van der Waals surface area (Å²) in [5.41, 5.74) is -0.280. The van der Waals surface area contributed by atoms with Crippen LogP contribution in [0.15, 0.2) is 64.6 Å². The third kappa shape index (κ3) is 7.22. The maximum absolute atomic E-state index is 13.5. The number of alkyl halides is 5. The van der Waals surface area contributed by atoms with Crippen LogP contribution in [0.25, 0.3) is 0 Å². The first-order chi connectivity index (χ1) is 16.0. The first-order valence-electron chi connectivity index (χ1n) is 10.9. The fourth-order valence-corrected chi connectivity index (χ4v) is 4.04. The van der Waals surface area contributed by atoms with Gasteiger partial charge in [-0.15, -0.1) is 0 Å². The van der Waals surface area contributed by atoms with Crippen molar-refractivity contribution < 1.29 is 26.7 Å². The van der Waals surface area contributed by atoms with Crippen molar-refractivity contribution in [1.82, 2.24) is 10.2 Å². The minimum atomic E-state index is -4.60. The van der Waals surface area contributed by atoms with E-state index in [0.29, 0.717) is 31.0 Å². The van der Waals surface area contributed by atoms with Crippen molar-refractivity contribution in [2.45, 2.75) is 44.4 Å². The fraction of sp³-hybridized carbons (Fsp3) is 0.458. The zero-order valence-electron chi connectivity index (χ0n) is 18.9. The smallest absolute Gasteiger partial charge is 0.433 e. The molecule has 1 saturated heterocycles. The highest BCUT2D eigenvalue weighted by Crippen LogP contribution is 2.28. The van der Waals surface area contributed by atoms with Crippen LogP contribution in [0.2, 0.25) is 5.02 Å². The molecule has 34 heavy (non-hydrogen) atoms. The summed E-state index contributed by atoms with van der Waals surface area (Å²) in [4.78, 5) is 5.40. The van der Waals surface area contributed by atoms with Crippen LogP contribution in [-0.2, 0) is 11.2 Å². The quantitative estimate of drug-likeness (QED) is 0.286. The van der Waals surface area contributed by atoms with E-state index < -0.39 is 17.8 Å². The Hall–Kier alpha value is -2.55. The molecule has 0 aliphatic carbocycles. The van der Waals surface area contributed by atoms with Gasteiger partial charge < -0.3 is 15.0 Å². The van der Waals surface area contributed by atoms with Crippen molar-refractivity contribution in [3.8, 4) is 0 Å². The number of ether oxygens (including phenoxy) is 1. The molecular weight excluding hydrogens is 477 g/mol. The average Bonchev–Trinajstić information content (AvgIpc) is 2.76. The number of hydrogen-bond acceptors (Lipinski definition) is 4. The van der Waals surface area contributed by atoms with Gasteiger partial charge in [0, 0.05) is 69.5 Å². The second-order valence-corrected chi connectivity index (χ2v) is 8.75. The predicted octanol–water partition coefficient (Wildman–Crippen LogP) is 5.91. The molecule has 2 aliphatic rings. The van der Waals surface area contributed by atoms with Gasteiger partial charge in [-0.25, -0.2) is 8.78 Å². The van der Waals surface area contributed by atoms with Crippen molar-refractivity contribution in [2.24, 2.45) is 4.99 Å². The molecule has 0 atom stereocenters. The number of piperidine rings is 1. The summed E-state index contributed by atoms with van der Waals surface area (Å²) >= 11 is 6.02. The number of dihydropyridines is 1. The molecule has 0 spiro atoms. The van der Waals surface area contributed by atoms with Crippen molar-refractivity contribution in [3.63, 3.8) is 0 Å². The summed E-state index contributed by atoms with van der Waals surface area (Å²) in [6, 6.07) is 6.87. The highest BCUT2D eigenvalue weighted by Gasteiger charge is 2.35. The number of aliphatic imine (C=N–C) groups is 1. The number of benzene rings is 1. The molecule has 0 unspecified atom stereocenters. The van der Waals surface area contributed by atoms with Crippen LogP contribution in [-0.4, -0.2) is 55.5 Å². The molecule has 4 nitrogen and oxygen atoms in total. The van der Waals surface area contributed by atoms with Crippen LogP contribution in [0.3, 0.4) is 0 Å². The monoisotopic (exact) mass is 503 g/mol. The molecule has 3 rings (SSSR count). The predicted molar refractivity (Wildman–Crippen MR) is 123 cm³/mol. The summed E-state index contributed by atoms with van der Waals surface area (Å²) in [5, 5.41) is 3.51. The molecule has 2 aliphatic heterocycles. The van der Waals surface area contributed by atoms with Gasteiger partial charge in [0.1, 0.15) is 23.4 Å². The summed E-state index contributed by atoms with van der Waals surface area (Å²) in [6.45, 7) is 2.08. The molecule has 10 heteroatoms.